The molecule has 0 aliphatic rings. The summed E-state index contributed by atoms with van der Waals surface area (Å²) in [6.45, 7) is 0. The maximum Gasteiger partial charge on any atom is -0.0146 e. The summed E-state index contributed by atoms with van der Waals surface area (Å²) in [5, 5.41) is 0. The Kier molecular flexibility index (Phi) is 2.11. The molecular weight excluding hydrogens is 88.2 g/mol. The Balaban J connectivity index is 2.80. The van der Waals surface area contributed by atoms with Gasteiger partial charge in [0.2, 0.25) is 0 Å². The van der Waals surface area contributed by atoms with E-state index in [0.29, 0.717) is 0 Å². The van der Waals surface area contributed by atoms with Crippen LogP contribution in [-0.2, 0) is 0 Å². The molecule has 26 valence electrons. The van der Waals surface area contributed by atoms with Crippen LogP contribution < -0.4 is 0 Å². The van der Waals surface area contributed by atoms with E-state index in [1.807, 2.05) is 6.26 Å². The summed E-state index contributed by atoms with van der Waals surface area (Å²) in [6.07, 6.45) is 1.95. The number of hydrogen-bond acceptors (Lipinski definition) is 1. The number of thiol groups is 1. The Labute approximate surface area is 34.0 Å². The lowest BCUT2D eigenvalue weighted by molar-refractivity contribution is 2.54. The smallest absolute Gasteiger partial charge is 0.0146 e. The van der Waals surface area contributed by atoms with E-state index in [4.69, 9.17) is 0 Å². The van der Waals surface area contributed by atoms with Gasteiger partial charge in [0, 0.05) is 0 Å². The first-order valence-electron chi connectivity index (χ1n) is 0.879. The highest BCUT2D eigenvalue weighted by Crippen LogP contribution is 2.03. The van der Waals surface area contributed by atoms with E-state index in [2.05, 4.69) is 17.5 Å². The summed E-state index contributed by atoms with van der Waals surface area (Å²) < 4.78 is 0. The lowest BCUT2D eigenvalue weighted by atomic mass is 11.9. The van der Waals surface area contributed by atoms with Gasteiger partial charge in [0.15, 0.2) is 0 Å². The van der Waals surface area contributed by atoms with Crippen molar-refractivity contribution in [2.24, 2.45) is 0 Å². The molecule has 0 aromatic heterocycles. The van der Waals surface area contributed by atoms with Gasteiger partial charge in [0.1, 0.15) is 0 Å². The Hall–Kier alpha value is 0.570. The van der Waals surface area contributed by atoms with Gasteiger partial charge in [-0.25, -0.2) is 0 Å². The molecule has 0 rings (SSSR count). The predicted molar refractivity (Wildman–Crippen MR) is 29.6 cm³/mol. The fraction of sp³-hybridized carbons (Fsp3) is 0.500. The van der Waals surface area contributed by atoms with Crippen LogP contribution >= 0.6 is 21.2 Å². The van der Waals surface area contributed by atoms with Gasteiger partial charge >= 0.3 is 0 Å². The monoisotopic (exact) mass is 94.0 g/mol. The summed E-state index contributed by atoms with van der Waals surface area (Å²) in [5.74, 6) is 3.53. The van der Waals surface area contributed by atoms with Crippen LogP contribution in [0.1, 0.15) is 0 Å². The molecule has 1 unspecified atom stereocenters. The van der Waals surface area contributed by atoms with Crippen LogP contribution in [0.4, 0.5) is 0 Å². The molecule has 0 amide bonds. The molecule has 4 heavy (non-hydrogen) atoms. The molecule has 0 spiro atoms. The second-order valence-electron chi connectivity index (χ2n) is 0.600. The van der Waals surface area contributed by atoms with E-state index in [0.717, 1.165) is 0 Å². The maximum atomic E-state index is 3.88. The van der Waals surface area contributed by atoms with Crippen molar-refractivity contribution in [1.29, 1.82) is 0 Å². The zero-order valence-electron chi connectivity index (χ0n) is 2.56. The van der Waals surface area contributed by atoms with Crippen LogP contribution in [0, 0.1) is 0 Å². The predicted octanol–water partition coefficient (Wildman–Crippen LogP) is 1.16. The van der Waals surface area contributed by atoms with Gasteiger partial charge in [0.25, 0.3) is 0 Å². The Morgan fingerprint density at radius 2 is 2.00 bits per heavy atom. The van der Waals surface area contributed by atoms with Crippen LogP contribution in [0.2, 0.25) is 0 Å². The highest BCUT2D eigenvalue weighted by Gasteiger charge is 1.48. The van der Waals surface area contributed by atoms with Crippen LogP contribution in [0.25, 0.3) is 0 Å². The zero-order chi connectivity index (χ0) is 3.58. The van der Waals surface area contributed by atoms with Crippen molar-refractivity contribution in [1.82, 2.24) is 0 Å². The van der Waals surface area contributed by atoms with Gasteiger partial charge < -0.3 is 0 Å². The molecule has 0 fully saturated rings. The average molecular weight is 94.2 g/mol. The van der Waals surface area contributed by atoms with E-state index in [1.54, 1.807) is 0 Å². The van der Waals surface area contributed by atoms with Gasteiger partial charge in [-0.15, -0.1) is 21.2 Å². The maximum absolute atomic E-state index is 3.88. The summed E-state index contributed by atoms with van der Waals surface area (Å²) in [5.41, 5.74) is 0. The molecule has 0 aromatic rings. The third-order valence-corrected chi connectivity index (χ3v) is 0. The molecule has 0 radical (unpaired) electrons. The molecule has 1 atom stereocenters. The third-order valence-electron chi connectivity index (χ3n) is 0. The Morgan fingerprint density at radius 1 is 2.00 bits per heavy atom. The topological polar surface area (TPSA) is 0 Å². The van der Waals surface area contributed by atoms with Crippen molar-refractivity contribution in [3.8, 4) is 0 Å². The summed E-state index contributed by atoms with van der Waals surface area (Å²) in [6, 6.07) is 0. The molecule has 0 nitrogen and oxygen atoms in total. The van der Waals surface area contributed by atoms with E-state index in [-0.39, 0.29) is 9.52 Å². The molecule has 0 N–H and O–H groups in total. The molecule has 0 aliphatic carbocycles. The van der Waals surface area contributed by atoms with Gasteiger partial charge in [-0.1, -0.05) is 5.87 Å². The van der Waals surface area contributed by atoms with Crippen molar-refractivity contribution in [2.75, 3.05) is 6.26 Å². The van der Waals surface area contributed by atoms with Crippen molar-refractivity contribution in [2.45, 2.75) is 0 Å². The van der Waals surface area contributed by atoms with Gasteiger partial charge in [0.05, 0.1) is 0 Å². The highest BCUT2D eigenvalue weighted by molar-refractivity contribution is 8.75. The van der Waals surface area contributed by atoms with Gasteiger partial charge in [-0.3, -0.25) is 0 Å². The Bertz CT molecular complexity index is 27.0. The van der Waals surface area contributed by atoms with E-state index in [9.17, 15) is 0 Å². The number of hydrogen-bond donors (Lipinski definition) is 1. The second kappa shape index (κ2) is 1.85. The first-order chi connectivity index (χ1) is 1.73. The number of rotatable bonds is 0. The zero-order valence-corrected chi connectivity index (χ0v) is 4.27. The first kappa shape index (κ1) is 4.57. The van der Waals surface area contributed by atoms with Gasteiger partial charge in [-0.2, -0.15) is 0 Å². The minimum atomic E-state index is 0.0833. The van der Waals surface area contributed by atoms with E-state index >= 15 is 0 Å². The lowest BCUT2D eigenvalue weighted by Crippen LogP contribution is -1.29. The molecule has 0 bridgehead atoms. The first-order valence-corrected chi connectivity index (χ1v) is 3.73. The quantitative estimate of drug-likeness (QED) is 0.260. The fourth-order valence-electron chi connectivity index (χ4n) is 0. The van der Waals surface area contributed by atoms with Crippen molar-refractivity contribution < 1.29 is 0 Å². The van der Waals surface area contributed by atoms with Crippen LogP contribution in [0.3, 0.4) is 0 Å². The minimum absolute atomic E-state index is 0.0833. The van der Waals surface area contributed by atoms with Crippen molar-refractivity contribution in [3.63, 3.8) is 0 Å². The van der Waals surface area contributed by atoms with Crippen LogP contribution in [0.5, 0.6) is 0 Å². The van der Waals surface area contributed by atoms with Crippen LogP contribution in [-0.4, -0.2) is 12.1 Å². The molecule has 0 saturated carbocycles. The summed E-state index contributed by atoms with van der Waals surface area (Å²) in [7, 11) is 0.0833. The second-order valence-corrected chi connectivity index (χ2v) is 3.67. The highest BCUT2D eigenvalue weighted by atomic mass is 33.1. The third kappa shape index (κ3) is 19.5. The SMILES string of the molecule is C=S(C)S. The average Bonchev–Trinajstić information content (AvgIpc) is 0.811. The molecular formula is C2H6S2. The molecule has 0 heterocycles. The Morgan fingerprint density at radius 3 is 2.00 bits per heavy atom. The van der Waals surface area contributed by atoms with E-state index in [1.165, 1.54) is 0 Å². The normalized spacial score (nSPS) is 15.5. The summed E-state index contributed by atoms with van der Waals surface area (Å²) >= 11 is 3.88. The van der Waals surface area contributed by atoms with Crippen LogP contribution in [0.15, 0.2) is 0 Å². The lowest BCUT2D eigenvalue weighted by Gasteiger charge is -1.69. The molecule has 0 aromatic carbocycles. The minimum Gasteiger partial charge on any atom is -0.142 e. The summed E-state index contributed by atoms with van der Waals surface area (Å²) in [4.78, 5) is 0. The standard InChI is InChI=1S/C2H6S2/c1-4(2)3/h3H,1H2,2H3. The fourth-order valence-corrected chi connectivity index (χ4v) is 0. The van der Waals surface area contributed by atoms with Crippen molar-refractivity contribution in [3.05, 3.63) is 0 Å². The van der Waals surface area contributed by atoms with Gasteiger partial charge in [-0.05, 0) is 6.26 Å². The largest absolute Gasteiger partial charge is 0.142 e. The molecule has 2 heteroatoms. The van der Waals surface area contributed by atoms with E-state index < -0.39 is 0 Å². The molecule has 0 saturated heterocycles. The molecule has 0 aliphatic heterocycles. The van der Waals surface area contributed by atoms with Crippen molar-refractivity contribution >= 4 is 27.0 Å².